The van der Waals surface area contributed by atoms with E-state index in [0.29, 0.717) is 0 Å². The van der Waals surface area contributed by atoms with E-state index in [2.05, 4.69) is 228 Å². The Kier molecular flexibility index (Phi) is 8.64. The lowest BCUT2D eigenvalue weighted by Gasteiger charge is -2.30. The van der Waals surface area contributed by atoms with E-state index in [1.165, 1.54) is 72.0 Å². The van der Waals surface area contributed by atoms with Crippen LogP contribution in [0.25, 0.3) is 55.3 Å². The van der Waals surface area contributed by atoms with E-state index in [-0.39, 0.29) is 27.1 Å². The largest absolute Gasteiger partial charge is 0.456 e. The molecule has 2 aliphatic carbocycles. The fourth-order valence-corrected chi connectivity index (χ4v) is 10.5. The van der Waals surface area contributed by atoms with E-state index >= 15 is 0 Å². The molecule has 62 heavy (non-hydrogen) atoms. The Morgan fingerprint density at radius 3 is 1.52 bits per heavy atom. The third-order valence-corrected chi connectivity index (χ3v) is 14.3. The van der Waals surface area contributed by atoms with Crippen LogP contribution in [0.1, 0.15) is 129 Å². The Morgan fingerprint density at radius 2 is 0.919 bits per heavy atom. The fourth-order valence-electron chi connectivity index (χ4n) is 10.5. The summed E-state index contributed by atoms with van der Waals surface area (Å²) in [4.78, 5) is 2.46. The Morgan fingerprint density at radius 1 is 0.403 bits per heavy atom. The van der Waals surface area contributed by atoms with E-state index in [0.717, 1.165) is 39.4 Å². The molecule has 0 saturated carbocycles. The summed E-state index contributed by atoms with van der Waals surface area (Å²) in [6, 6.07) is 50.9. The van der Waals surface area contributed by atoms with Crippen molar-refractivity contribution < 1.29 is 4.42 Å². The Labute approximate surface area is 369 Å². The van der Waals surface area contributed by atoms with Crippen LogP contribution in [0.15, 0.2) is 138 Å². The van der Waals surface area contributed by atoms with E-state index in [9.17, 15) is 0 Å². The number of rotatable bonds is 4. The molecular weight excluding hydrogens is 751 g/mol. The normalized spacial score (nSPS) is 15.1. The quantitative estimate of drug-likeness (QED) is 0.176. The molecule has 10 rings (SSSR count). The number of hydrogen-bond acceptors (Lipinski definition) is 2. The average Bonchev–Trinajstić information content (AvgIpc) is 3.78. The monoisotopic (exact) mass is 811 g/mol. The van der Waals surface area contributed by atoms with Gasteiger partial charge in [0.05, 0.1) is 0 Å². The molecule has 312 valence electrons. The molecule has 0 atom stereocenters. The van der Waals surface area contributed by atoms with Gasteiger partial charge in [0.15, 0.2) is 0 Å². The molecule has 8 aromatic rings. The summed E-state index contributed by atoms with van der Waals surface area (Å²) in [6.07, 6.45) is 0. The fraction of sp³-hybridized carbons (Fsp3) is 0.300. The molecule has 7 aromatic carbocycles. The van der Waals surface area contributed by atoms with Gasteiger partial charge in [-0.3, -0.25) is 0 Å². The van der Waals surface area contributed by atoms with Crippen molar-refractivity contribution in [3.05, 3.63) is 172 Å². The van der Waals surface area contributed by atoms with Crippen LogP contribution in [0.3, 0.4) is 0 Å². The molecule has 0 bridgehead atoms. The van der Waals surface area contributed by atoms with Crippen molar-refractivity contribution in [1.29, 1.82) is 0 Å². The molecule has 0 radical (unpaired) electrons. The number of anilines is 3. The predicted molar refractivity (Wildman–Crippen MR) is 265 cm³/mol. The Balaban J connectivity index is 1.09. The first kappa shape index (κ1) is 40.2. The first-order valence-corrected chi connectivity index (χ1v) is 22.6. The highest BCUT2D eigenvalue weighted by atomic mass is 16.3. The topological polar surface area (TPSA) is 16.4 Å². The summed E-state index contributed by atoms with van der Waals surface area (Å²) >= 11 is 0. The minimum Gasteiger partial charge on any atom is -0.456 e. The van der Waals surface area contributed by atoms with Gasteiger partial charge in [-0.1, -0.05) is 169 Å². The summed E-state index contributed by atoms with van der Waals surface area (Å²) in [6.45, 7) is 30.2. The predicted octanol–water partition coefficient (Wildman–Crippen LogP) is 17.2. The molecule has 1 heterocycles. The van der Waals surface area contributed by atoms with Gasteiger partial charge in [0, 0.05) is 44.2 Å². The number of furan rings is 1. The number of nitrogens with zero attached hydrogens (tertiary/aromatic N) is 1. The first-order chi connectivity index (χ1) is 29.1. The van der Waals surface area contributed by atoms with Crippen molar-refractivity contribution in [2.75, 3.05) is 4.90 Å². The van der Waals surface area contributed by atoms with Crippen LogP contribution in [-0.2, 0) is 27.1 Å². The van der Waals surface area contributed by atoms with Crippen LogP contribution < -0.4 is 4.90 Å². The molecular formula is C60H61NO. The zero-order valence-electron chi connectivity index (χ0n) is 39.1. The third kappa shape index (κ3) is 6.19. The molecule has 0 amide bonds. The van der Waals surface area contributed by atoms with Crippen molar-refractivity contribution in [2.45, 2.75) is 117 Å². The third-order valence-electron chi connectivity index (χ3n) is 14.3. The molecule has 0 N–H and O–H groups in total. The second-order valence-electron chi connectivity index (χ2n) is 22.4. The minimum absolute atomic E-state index is 0.0332. The molecule has 0 spiro atoms. The van der Waals surface area contributed by atoms with Crippen LogP contribution in [0.5, 0.6) is 0 Å². The zero-order valence-corrected chi connectivity index (χ0v) is 39.1. The summed E-state index contributed by atoms with van der Waals surface area (Å²) in [7, 11) is 0. The lowest BCUT2D eigenvalue weighted by atomic mass is 9.79. The molecule has 2 nitrogen and oxygen atoms in total. The second-order valence-corrected chi connectivity index (χ2v) is 22.4. The van der Waals surface area contributed by atoms with E-state index < -0.39 is 0 Å². The van der Waals surface area contributed by atoms with E-state index in [1.54, 1.807) is 0 Å². The molecule has 0 fully saturated rings. The summed E-state index contributed by atoms with van der Waals surface area (Å²) in [5.74, 6) is 0. The van der Waals surface area contributed by atoms with Crippen LogP contribution >= 0.6 is 0 Å². The highest BCUT2D eigenvalue weighted by Crippen LogP contribution is 2.54. The summed E-state index contributed by atoms with van der Waals surface area (Å²) in [5.41, 5.74) is 22.4. The van der Waals surface area contributed by atoms with Gasteiger partial charge in [0.1, 0.15) is 11.2 Å². The smallest absolute Gasteiger partial charge is 0.139 e. The van der Waals surface area contributed by atoms with Crippen molar-refractivity contribution >= 4 is 39.0 Å². The number of hydrogen-bond donors (Lipinski definition) is 0. The van der Waals surface area contributed by atoms with Gasteiger partial charge in [0.25, 0.3) is 0 Å². The minimum atomic E-state index is -0.143. The van der Waals surface area contributed by atoms with E-state index in [1.807, 2.05) is 0 Å². The number of fused-ring (bicyclic) bond motifs is 9. The molecule has 0 unspecified atom stereocenters. The summed E-state index contributed by atoms with van der Waals surface area (Å²) in [5, 5.41) is 2.37. The Hall–Kier alpha value is -5.86. The molecule has 2 heteroatoms. The highest BCUT2D eigenvalue weighted by Gasteiger charge is 2.38. The first-order valence-electron chi connectivity index (χ1n) is 22.6. The molecule has 0 saturated heterocycles. The zero-order chi connectivity index (χ0) is 43.9. The van der Waals surface area contributed by atoms with Gasteiger partial charge in [-0.25, -0.2) is 0 Å². The van der Waals surface area contributed by atoms with Gasteiger partial charge in [-0.15, -0.1) is 0 Å². The van der Waals surface area contributed by atoms with Crippen LogP contribution in [0, 0.1) is 0 Å². The maximum atomic E-state index is 6.79. The lowest BCUT2D eigenvalue weighted by Crippen LogP contribution is -2.19. The SMILES string of the molecule is CC(C)(C)c1ccc2c(c1)C(C)(C)c1cc(N(c3ccc(-c4ccc5c(c4)oc4c(C(C)(C)C)cc(C(C)(C)C)cc45)cc3)c3ccc4c(c3)C(C)(C)c3ccccc3-4)ccc1-2. The van der Waals surface area contributed by atoms with Gasteiger partial charge in [-0.05, 0) is 138 Å². The highest BCUT2D eigenvalue weighted by molar-refractivity contribution is 6.07. The average molecular weight is 812 g/mol. The van der Waals surface area contributed by atoms with Crippen LogP contribution in [0.2, 0.25) is 0 Å². The number of benzene rings is 7. The molecule has 2 aliphatic rings. The molecule has 0 aliphatic heterocycles. The van der Waals surface area contributed by atoms with Crippen LogP contribution in [-0.4, -0.2) is 0 Å². The summed E-state index contributed by atoms with van der Waals surface area (Å²) < 4.78 is 6.79. The second kappa shape index (κ2) is 13.3. The maximum absolute atomic E-state index is 6.79. The van der Waals surface area contributed by atoms with Gasteiger partial charge in [-0.2, -0.15) is 0 Å². The standard InChI is InChI=1S/C60H61NO/c1-56(2,3)38-21-27-44-46-29-25-42(35-52(46)60(12,13)50(44)32-38)61(41-24-28-45-43-16-14-15-17-49(43)59(10,11)51(45)34-41)40-22-18-36(19-23-40)37-20-26-47-48-31-39(57(4,5)6)33-53(58(7,8)9)55(48)62-54(47)30-37/h14-35H,1-13H3. The van der Waals surface area contributed by atoms with Crippen LogP contribution in [0.4, 0.5) is 17.1 Å². The van der Waals surface area contributed by atoms with Crippen molar-refractivity contribution in [2.24, 2.45) is 0 Å². The van der Waals surface area contributed by atoms with Crippen molar-refractivity contribution in [3.63, 3.8) is 0 Å². The lowest BCUT2D eigenvalue weighted by molar-refractivity contribution is 0.559. The van der Waals surface area contributed by atoms with Gasteiger partial charge >= 0.3 is 0 Å². The maximum Gasteiger partial charge on any atom is 0.139 e. The van der Waals surface area contributed by atoms with Crippen molar-refractivity contribution in [3.8, 4) is 33.4 Å². The van der Waals surface area contributed by atoms with Gasteiger partial charge in [0.2, 0.25) is 0 Å². The van der Waals surface area contributed by atoms with E-state index in [4.69, 9.17) is 4.42 Å². The van der Waals surface area contributed by atoms with Crippen molar-refractivity contribution in [1.82, 2.24) is 0 Å². The molecule has 1 aromatic heterocycles. The Bertz CT molecular complexity index is 3110. The van der Waals surface area contributed by atoms with Gasteiger partial charge < -0.3 is 9.32 Å².